The molecule has 2 saturated carbocycles. The van der Waals surface area contributed by atoms with E-state index in [0.717, 1.165) is 25.7 Å². The van der Waals surface area contributed by atoms with Crippen molar-refractivity contribution in [1.29, 1.82) is 0 Å². The van der Waals surface area contributed by atoms with Gasteiger partial charge in [-0.3, -0.25) is 23.5 Å². The number of H-pyrrole nitrogens is 1. The van der Waals surface area contributed by atoms with Gasteiger partial charge in [0.2, 0.25) is 29.7 Å². The molecular weight excluding hydrogens is 1810 g/mol. The summed E-state index contributed by atoms with van der Waals surface area (Å²) in [6.45, 7) is -3.85. The number of anilines is 8. The second-order valence-corrected chi connectivity index (χ2v) is 32.4. The van der Waals surface area contributed by atoms with E-state index in [-0.39, 0.29) is 58.0 Å². The monoisotopic (exact) mass is 1900 g/mol. The van der Waals surface area contributed by atoms with Crippen LogP contribution in [0.4, 0.5) is 47.1 Å². The molecule has 0 radical (unpaired) electrons. The van der Waals surface area contributed by atoms with Crippen LogP contribution in [0.1, 0.15) is 63.1 Å². The van der Waals surface area contributed by atoms with E-state index in [9.17, 15) is 96.7 Å². The minimum atomic E-state index is -1.73. The molecule has 55 nitrogen and oxygen atoms in total. The van der Waals surface area contributed by atoms with Crippen LogP contribution in [-0.2, 0) is 28.4 Å². The lowest BCUT2D eigenvalue weighted by Gasteiger charge is -2.23. The summed E-state index contributed by atoms with van der Waals surface area (Å²) in [4.78, 5) is 71.4. The molecule has 33 N–H and O–H groups in total. The Labute approximate surface area is 770 Å². The lowest BCUT2D eigenvalue weighted by Crippen LogP contribution is -2.44. The molecule has 722 valence electrons. The SMILES string of the molecule is C#C[C@]1(CO)O[C@@H](n2ccc3c(=O)[nH]c(N)nc32)[C@@H](O)C1O.C#C[C@]1(CO)O[C@@H](n2ccc3c(N)nc(N)nc32)[C@@H](O)C1O.C#C[C@]1(CO)O[C@@H](n2ccc3c(N)ncnc32)[C@@H](O)C1O.C#C[C@]1(CO)O[C@@H](n2cnc3c(NC4CC4)nc(N)nc32)[C@@H](O)C1O.C#C[C@]1(CO)O[C@@H](n2cnc3c(NC4CC4)ncnc32)[C@@H](O)C1O.C#C[C@]1(CO)O[C@@H](n2cnc3c(OC)nc(N)nc32)[C@@H](O)C1O. The van der Waals surface area contributed by atoms with Gasteiger partial charge in [0, 0.05) is 30.7 Å². The number of hydrogen-bond donors (Lipinski definition) is 27. The zero-order chi connectivity index (χ0) is 98.8. The topological polar surface area (TPSA) is 852 Å². The van der Waals surface area contributed by atoms with E-state index in [0.29, 0.717) is 73.6 Å². The summed E-state index contributed by atoms with van der Waals surface area (Å²) in [5, 5.41) is 187. The van der Waals surface area contributed by atoms with Crippen molar-refractivity contribution in [3.8, 4) is 79.9 Å². The Balaban J connectivity index is 0.000000125. The summed E-state index contributed by atoms with van der Waals surface area (Å²) < 4.78 is 46.9. The van der Waals surface area contributed by atoms with Crippen LogP contribution in [0.25, 0.3) is 66.6 Å². The van der Waals surface area contributed by atoms with Crippen LogP contribution in [0.3, 0.4) is 0 Å². The van der Waals surface area contributed by atoms with Gasteiger partial charge in [-0.1, -0.05) is 35.5 Å². The summed E-state index contributed by atoms with van der Waals surface area (Å²) >= 11 is 0. The third-order valence-electron chi connectivity index (χ3n) is 24.1. The van der Waals surface area contributed by atoms with Crippen molar-refractivity contribution in [2.75, 3.05) is 91.8 Å². The Kier molecular flexibility index (Phi) is 26.9. The zero-order valence-electron chi connectivity index (χ0n) is 71.7. The molecule has 6 aliphatic heterocycles. The van der Waals surface area contributed by atoms with Gasteiger partial charge in [-0.15, -0.1) is 38.5 Å². The fraction of sp³-hybridized carbons (Fsp3) is 0.451. The van der Waals surface area contributed by atoms with Crippen LogP contribution < -0.4 is 55.3 Å². The first kappa shape index (κ1) is 97.5. The number of nitrogens with zero attached hydrogens (tertiary/aromatic N) is 20. The van der Waals surface area contributed by atoms with Gasteiger partial charge < -0.3 is 184 Å². The average Bonchev–Trinajstić information content (AvgIpc) is 1.62. The maximum Gasteiger partial charge on any atom is 0.261 e. The Morgan fingerprint density at radius 1 is 0.380 bits per heavy atom. The van der Waals surface area contributed by atoms with Crippen molar-refractivity contribution < 1.29 is 125 Å². The third-order valence-corrected chi connectivity index (χ3v) is 24.1. The van der Waals surface area contributed by atoms with Gasteiger partial charge in [0.05, 0.1) is 81.9 Å². The molecule has 2 aliphatic carbocycles. The van der Waals surface area contributed by atoms with Crippen molar-refractivity contribution in [2.45, 2.75) is 182 Å². The maximum absolute atomic E-state index is 11.8. The standard InChI is InChI=1S/C15H18N6O4.C15H17N5O4.C13H15N5O5.C13H15N5O4.C13H14N4O5.C13H14N4O4/c1-2-15(5-22)10(24)9(23)13(25-15)21-6-17-8-11(18-7-3-4-7)19-14(16)20-12(8)21;1-2-15(5-21)11(23)10(22)14(24-15)20-7-18-9-12(19-8-3-4-8)16-6-17-13(9)20;1-3-13(4-19)8(21)7(20)11(23-13)18-5-15-6-9(18)16-12(14)17-10(6)22-2;1-2-13(5-19)8(21)7(20)11(22-13)18-4-3-6-9(14)16-12(15)17-10(6)18;1-2-13(5-18)8(20)7(19)11(22-13)17-4-3-6-9(17)15-12(14)16-10(6)21;1-2-13(5-18)9(20)8(19)12(21-13)17-4-3-7-10(14)15-6-16-11(7)17/h1,6-7,9-10,13,22-24H,3-5H2,(H3,16,18,19,20);1,6-8,10-11,14,21-23H,3-5H2,(H,16,17,19);1,5,7-8,11,19-21H,4H2,2H3,(H2,14,16,17);1,3-4,7-8,11,19-21H,5H2,(H4,14,15,16,17);1,3-4,7-8,11,18-20H,5H2,(H3,14,15,16,21);1,3-4,6,8-9,12,18-20H,5H2,(H2,14,15,16)/t9-,10?,13+,15+;10-,11?,14+,15+;3*7-,8?,11+,13+;8-,9?,12+,13+/m000000/s1. The Bertz CT molecular complexity index is 6850. The fourth-order valence-electron chi connectivity index (χ4n) is 16.0. The molecule has 0 amide bonds. The summed E-state index contributed by atoms with van der Waals surface area (Å²) in [5.74, 6) is 14.8. The minimum absolute atomic E-state index is 0.0378. The molecule has 0 aromatic carbocycles. The predicted octanol–water partition coefficient (Wildman–Crippen LogP) is -9.59. The van der Waals surface area contributed by atoms with E-state index in [1.807, 2.05) is 0 Å². The number of methoxy groups -OCH3 is 1. The highest BCUT2D eigenvalue weighted by Gasteiger charge is 2.60. The molecule has 6 saturated heterocycles. The van der Waals surface area contributed by atoms with Gasteiger partial charge in [0.15, 0.2) is 122 Å². The van der Waals surface area contributed by atoms with Crippen molar-refractivity contribution in [3.63, 3.8) is 0 Å². The van der Waals surface area contributed by atoms with Crippen LogP contribution in [-0.4, -0.2) is 360 Å². The quantitative estimate of drug-likeness (QED) is 0.0376. The van der Waals surface area contributed by atoms with Crippen molar-refractivity contribution in [1.82, 2.24) is 102 Å². The lowest BCUT2D eigenvalue weighted by molar-refractivity contribution is -0.0911. The van der Waals surface area contributed by atoms with E-state index in [2.05, 4.69) is 121 Å². The summed E-state index contributed by atoms with van der Waals surface area (Å²) in [6.07, 6.45) is 24.4. The second kappa shape index (κ2) is 37.9. The first-order valence-corrected chi connectivity index (χ1v) is 41.3. The minimum Gasteiger partial charge on any atom is -0.479 e. The number of aromatic nitrogens is 21. The third kappa shape index (κ3) is 16.9. The van der Waals surface area contributed by atoms with E-state index in [1.165, 1.54) is 78.4 Å². The molecule has 6 unspecified atom stereocenters. The van der Waals surface area contributed by atoms with Crippen molar-refractivity contribution in [2.24, 2.45) is 0 Å². The summed E-state index contributed by atoms with van der Waals surface area (Å²) in [5.41, 5.74) is 26.7. The van der Waals surface area contributed by atoms with Gasteiger partial charge in [-0.05, 0) is 43.9 Å². The summed E-state index contributed by atoms with van der Waals surface area (Å²) in [6, 6.07) is 5.49. The number of ether oxygens (including phenoxy) is 7. The number of nitrogens with two attached hydrogens (primary N) is 6. The van der Waals surface area contributed by atoms with E-state index in [4.69, 9.17) is 106 Å². The number of aliphatic hydroxyl groups excluding tert-OH is 18. The average molecular weight is 1900 g/mol. The van der Waals surface area contributed by atoms with Crippen molar-refractivity contribution >= 4 is 114 Å². The highest BCUT2D eigenvalue weighted by Crippen LogP contribution is 2.46. The van der Waals surface area contributed by atoms with E-state index in [1.54, 1.807) is 24.5 Å². The van der Waals surface area contributed by atoms with Crippen molar-refractivity contribution in [3.05, 3.63) is 78.8 Å². The molecule has 18 heterocycles. The lowest BCUT2D eigenvalue weighted by atomic mass is 9.97. The normalized spacial score (nSPS) is 31.8. The fourth-order valence-corrected chi connectivity index (χ4v) is 16.0. The number of terminal acetylenes is 6. The molecular formula is C82H93N29O26. The number of fused-ring (bicyclic) bond motifs is 6. The van der Waals surface area contributed by atoms with Gasteiger partial charge in [0.25, 0.3) is 5.56 Å². The van der Waals surface area contributed by atoms with E-state index >= 15 is 0 Å². The maximum atomic E-state index is 11.8. The van der Waals surface area contributed by atoms with Crippen LogP contribution in [0.15, 0.2) is 73.2 Å². The number of nitrogen functional groups attached to an aromatic ring is 6. The molecule has 24 atom stereocenters. The summed E-state index contributed by atoms with van der Waals surface area (Å²) in [7, 11) is 1.40. The number of nitrogens with one attached hydrogen (secondary N) is 3. The highest BCUT2D eigenvalue weighted by atomic mass is 16.6. The molecule has 0 spiro atoms. The van der Waals surface area contributed by atoms with Gasteiger partial charge in [-0.2, -0.15) is 34.9 Å². The first-order valence-electron chi connectivity index (χ1n) is 41.3. The molecule has 12 aromatic rings. The van der Waals surface area contributed by atoms with Crippen LogP contribution in [0.5, 0.6) is 5.88 Å². The molecule has 12 aromatic heterocycles. The largest absolute Gasteiger partial charge is 0.479 e. The molecule has 8 fully saturated rings. The first-order chi connectivity index (χ1) is 65.4. The number of aliphatic hydroxyl groups is 18. The Hall–Kier alpha value is -14.1. The molecule has 137 heavy (non-hydrogen) atoms. The van der Waals surface area contributed by atoms with Crippen LogP contribution in [0, 0.1) is 74.1 Å². The number of hydrogen-bond acceptors (Lipinski definition) is 48. The molecule has 55 heteroatoms. The smallest absolute Gasteiger partial charge is 0.261 e. The Morgan fingerprint density at radius 3 is 1.08 bits per heavy atom. The van der Waals surface area contributed by atoms with Gasteiger partial charge in [-0.25, -0.2) is 34.9 Å². The Morgan fingerprint density at radius 2 is 0.693 bits per heavy atom. The molecule has 20 rings (SSSR count). The second-order valence-electron chi connectivity index (χ2n) is 32.4. The van der Waals surface area contributed by atoms with Gasteiger partial charge in [0.1, 0.15) is 109 Å². The number of aromatic amines is 1. The molecule has 0 bridgehead atoms. The van der Waals surface area contributed by atoms with Gasteiger partial charge >= 0.3 is 0 Å². The zero-order valence-corrected chi connectivity index (χ0v) is 71.7. The molecule has 8 aliphatic rings. The van der Waals surface area contributed by atoms with E-state index < -0.39 is 189 Å². The van der Waals surface area contributed by atoms with Crippen LogP contribution in [0.2, 0.25) is 0 Å². The highest BCUT2D eigenvalue weighted by molar-refractivity contribution is 5.89. The van der Waals surface area contributed by atoms with Crippen LogP contribution >= 0.6 is 0 Å². The number of imidazole rings is 3. The number of rotatable bonds is 17. The predicted molar refractivity (Wildman–Crippen MR) is 472 cm³/mol.